The average Bonchev–Trinajstić information content (AvgIpc) is 2.99. The van der Waals surface area contributed by atoms with Gasteiger partial charge in [0, 0.05) is 55.8 Å². The topological polar surface area (TPSA) is 45.6 Å². The highest BCUT2D eigenvalue weighted by Gasteiger charge is 2.22. The van der Waals surface area contributed by atoms with Crippen LogP contribution in [0.1, 0.15) is 35.9 Å². The number of benzene rings is 1. The van der Waals surface area contributed by atoms with Crippen LogP contribution in [0.15, 0.2) is 36.4 Å². The summed E-state index contributed by atoms with van der Waals surface area (Å²) in [6, 6.07) is 10.6. The summed E-state index contributed by atoms with van der Waals surface area (Å²) in [5.74, 6) is 0.162. The Balaban J connectivity index is 1.69. The molecule has 0 atom stereocenters. The monoisotopic (exact) mass is 379 g/mol. The molecule has 28 heavy (non-hydrogen) atoms. The first kappa shape index (κ1) is 19.9. The molecule has 1 aliphatic heterocycles. The lowest BCUT2D eigenvalue weighted by atomic mass is 10.2. The fourth-order valence-electron chi connectivity index (χ4n) is 3.71. The molecule has 3 rings (SSSR count). The van der Waals surface area contributed by atoms with Gasteiger partial charge in [-0.2, -0.15) is 0 Å². The number of hydrogen-bond donors (Lipinski definition) is 0. The number of aromatic nitrogens is 1. The Bertz CT molecular complexity index is 885. The van der Waals surface area contributed by atoms with Gasteiger partial charge in [0.1, 0.15) is 0 Å². The summed E-state index contributed by atoms with van der Waals surface area (Å²) in [5.41, 5.74) is 5.66. The zero-order valence-corrected chi connectivity index (χ0v) is 17.2. The van der Waals surface area contributed by atoms with E-state index in [2.05, 4.69) is 55.7 Å². The van der Waals surface area contributed by atoms with Crippen molar-refractivity contribution >= 4 is 17.9 Å². The van der Waals surface area contributed by atoms with Gasteiger partial charge in [-0.05, 0) is 50.6 Å². The normalized spacial score (nSPS) is 14.7. The Morgan fingerprint density at radius 3 is 2.18 bits per heavy atom. The molecule has 5 heteroatoms. The summed E-state index contributed by atoms with van der Waals surface area (Å²) in [7, 11) is 0. The van der Waals surface area contributed by atoms with Crippen LogP contribution in [0.3, 0.4) is 0 Å². The van der Waals surface area contributed by atoms with E-state index in [0.29, 0.717) is 32.6 Å². The Hall–Kier alpha value is -2.82. The van der Waals surface area contributed by atoms with Crippen LogP contribution in [0.5, 0.6) is 0 Å². The number of piperazine rings is 1. The summed E-state index contributed by atoms with van der Waals surface area (Å²) < 4.78 is 2.21. The predicted molar refractivity (Wildman–Crippen MR) is 112 cm³/mol. The predicted octanol–water partition coefficient (Wildman–Crippen LogP) is 3.50. The number of hydrogen-bond acceptors (Lipinski definition) is 2. The largest absolute Gasteiger partial charge is 0.339 e. The van der Waals surface area contributed by atoms with Crippen LogP contribution in [0, 0.1) is 20.8 Å². The van der Waals surface area contributed by atoms with E-state index in [1.54, 1.807) is 6.08 Å². The zero-order valence-electron chi connectivity index (χ0n) is 17.2. The van der Waals surface area contributed by atoms with Crippen molar-refractivity contribution < 1.29 is 9.59 Å². The maximum Gasteiger partial charge on any atom is 0.246 e. The van der Waals surface area contributed by atoms with Crippen LogP contribution in [0.25, 0.3) is 11.8 Å². The number of nitrogens with zero attached hydrogens (tertiary/aromatic N) is 3. The first-order valence-electron chi connectivity index (χ1n) is 9.91. The molecule has 1 aromatic heterocycles. The number of aryl methyl sites for hydroxylation is 2. The van der Waals surface area contributed by atoms with Gasteiger partial charge in [-0.15, -0.1) is 0 Å². The molecule has 0 aliphatic carbocycles. The summed E-state index contributed by atoms with van der Waals surface area (Å²) in [6.45, 7) is 10.5. The van der Waals surface area contributed by atoms with Crippen molar-refractivity contribution in [2.45, 2.75) is 34.1 Å². The lowest BCUT2D eigenvalue weighted by Gasteiger charge is -2.34. The third-order valence-electron chi connectivity index (χ3n) is 5.41. The first-order valence-corrected chi connectivity index (χ1v) is 9.91. The molecular formula is C23H29N3O2. The Morgan fingerprint density at radius 2 is 1.57 bits per heavy atom. The molecule has 0 spiro atoms. The highest BCUT2D eigenvalue weighted by molar-refractivity contribution is 5.92. The fraction of sp³-hybridized carbons (Fsp3) is 0.391. The molecular weight excluding hydrogens is 350 g/mol. The quantitative estimate of drug-likeness (QED) is 0.764. The molecule has 0 unspecified atom stereocenters. The van der Waals surface area contributed by atoms with E-state index in [-0.39, 0.29) is 11.8 Å². The van der Waals surface area contributed by atoms with Crippen LogP contribution in [0.4, 0.5) is 0 Å². The molecule has 148 valence electrons. The van der Waals surface area contributed by atoms with Crippen molar-refractivity contribution in [1.82, 2.24) is 14.4 Å². The molecule has 2 aromatic rings. The van der Waals surface area contributed by atoms with Crippen molar-refractivity contribution in [3.05, 3.63) is 58.9 Å². The van der Waals surface area contributed by atoms with Crippen molar-refractivity contribution in [3.8, 4) is 5.69 Å². The molecule has 1 aromatic carbocycles. The lowest BCUT2D eigenvalue weighted by molar-refractivity contribution is -0.136. The number of carbonyl (C=O) groups is 2. The van der Waals surface area contributed by atoms with Crippen molar-refractivity contribution in [2.75, 3.05) is 26.2 Å². The lowest BCUT2D eigenvalue weighted by Crippen LogP contribution is -2.50. The van der Waals surface area contributed by atoms with Gasteiger partial charge in [0.2, 0.25) is 11.8 Å². The van der Waals surface area contributed by atoms with Gasteiger partial charge >= 0.3 is 0 Å². The molecule has 2 amide bonds. The number of rotatable bonds is 4. The minimum Gasteiger partial charge on any atom is -0.339 e. The highest BCUT2D eigenvalue weighted by atomic mass is 16.2. The van der Waals surface area contributed by atoms with Gasteiger partial charge in [-0.3, -0.25) is 9.59 Å². The van der Waals surface area contributed by atoms with Crippen LogP contribution in [-0.4, -0.2) is 52.4 Å². The molecule has 5 nitrogen and oxygen atoms in total. The van der Waals surface area contributed by atoms with E-state index in [1.165, 1.54) is 5.56 Å². The Labute approximate surface area is 167 Å². The van der Waals surface area contributed by atoms with E-state index in [1.807, 2.05) is 22.8 Å². The van der Waals surface area contributed by atoms with Gasteiger partial charge in [0.15, 0.2) is 0 Å². The van der Waals surface area contributed by atoms with Gasteiger partial charge in [-0.25, -0.2) is 0 Å². The van der Waals surface area contributed by atoms with E-state index in [0.717, 1.165) is 22.6 Å². The number of amides is 2. The molecule has 0 bridgehead atoms. The van der Waals surface area contributed by atoms with E-state index >= 15 is 0 Å². The Morgan fingerprint density at radius 1 is 0.964 bits per heavy atom. The molecule has 1 fully saturated rings. The van der Waals surface area contributed by atoms with Crippen LogP contribution in [0.2, 0.25) is 0 Å². The van der Waals surface area contributed by atoms with Crippen LogP contribution in [-0.2, 0) is 9.59 Å². The van der Waals surface area contributed by atoms with Gasteiger partial charge in [0.05, 0.1) is 0 Å². The SMILES string of the molecule is CCC(=O)N1CCN(C(=O)/C=C/c2cc(C)n(-c3ccc(C)cc3)c2C)CC1. The summed E-state index contributed by atoms with van der Waals surface area (Å²) >= 11 is 0. The van der Waals surface area contributed by atoms with Crippen LogP contribution >= 0.6 is 0 Å². The maximum absolute atomic E-state index is 12.6. The Kier molecular flexibility index (Phi) is 6.02. The van der Waals surface area contributed by atoms with Gasteiger partial charge in [-0.1, -0.05) is 24.6 Å². The molecule has 1 saturated heterocycles. The van der Waals surface area contributed by atoms with E-state index in [4.69, 9.17) is 0 Å². The molecule has 0 N–H and O–H groups in total. The third kappa shape index (κ3) is 4.19. The summed E-state index contributed by atoms with van der Waals surface area (Å²) in [5, 5.41) is 0. The second-order valence-electron chi connectivity index (χ2n) is 7.39. The van der Waals surface area contributed by atoms with Crippen molar-refractivity contribution in [3.63, 3.8) is 0 Å². The third-order valence-corrected chi connectivity index (χ3v) is 5.41. The fourth-order valence-corrected chi connectivity index (χ4v) is 3.71. The molecule has 1 aliphatic rings. The second kappa shape index (κ2) is 8.46. The van der Waals surface area contributed by atoms with Crippen LogP contribution < -0.4 is 0 Å². The smallest absolute Gasteiger partial charge is 0.246 e. The first-order chi connectivity index (χ1) is 13.4. The van der Waals surface area contributed by atoms with Gasteiger partial charge in [0.25, 0.3) is 0 Å². The molecule has 0 saturated carbocycles. The molecule has 0 radical (unpaired) electrons. The van der Waals surface area contributed by atoms with Crippen molar-refractivity contribution in [1.29, 1.82) is 0 Å². The maximum atomic E-state index is 12.6. The minimum absolute atomic E-state index is 0.00346. The standard InChI is InChI=1S/C23H29N3O2/c1-5-22(27)24-12-14-25(15-13-24)23(28)11-8-20-16-18(3)26(19(20)4)21-9-6-17(2)7-10-21/h6-11,16H,5,12-15H2,1-4H3/b11-8+. The van der Waals surface area contributed by atoms with Crippen molar-refractivity contribution in [2.24, 2.45) is 0 Å². The average molecular weight is 380 g/mol. The van der Waals surface area contributed by atoms with Gasteiger partial charge < -0.3 is 14.4 Å². The second-order valence-corrected chi connectivity index (χ2v) is 7.39. The minimum atomic E-state index is 0.00346. The zero-order chi connectivity index (χ0) is 20.3. The summed E-state index contributed by atoms with van der Waals surface area (Å²) in [4.78, 5) is 28.0. The highest BCUT2D eigenvalue weighted by Crippen LogP contribution is 2.22. The summed E-state index contributed by atoms with van der Waals surface area (Å²) in [6.07, 6.45) is 4.07. The van der Waals surface area contributed by atoms with E-state index in [9.17, 15) is 9.59 Å². The van der Waals surface area contributed by atoms with E-state index < -0.39 is 0 Å². The molecule has 2 heterocycles. The number of carbonyl (C=O) groups excluding carboxylic acids is 2.